The van der Waals surface area contributed by atoms with Crippen LogP contribution in [0.4, 0.5) is 11.5 Å². The van der Waals surface area contributed by atoms with Crippen molar-refractivity contribution >= 4 is 17.4 Å². The van der Waals surface area contributed by atoms with Crippen molar-refractivity contribution in [2.45, 2.75) is 19.8 Å². The first kappa shape index (κ1) is 20.9. The fourth-order valence-electron chi connectivity index (χ4n) is 3.82. The molecule has 8 heteroatoms. The molecule has 2 N–H and O–H groups in total. The van der Waals surface area contributed by atoms with E-state index < -0.39 is 0 Å². The molecule has 0 bridgehead atoms. The van der Waals surface area contributed by atoms with Gasteiger partial charge in [0.1, 0.15) is 11.4 Å². The van der Waals surface area contributed by atoms with Gasteiger partial charge in [-0.2, -0.15) is 5.10 Å². The molecule has 0 atom stereocenters. The first-order valence-corrected chi connectivity index (χ1v) is 10.4. The lowest BCUT2D eigenvalue weighted by molar-refractivity contribution is 0.102. The van der Waals surface area contributed by atoms with Crippen LogP contribution < -0.4 is 15.0 Å². The second-order valence-corrected chi connectivity index (χ2v) is 7.76. The lowest BCUT2D eigenvalue weighted by atomic mass is 9.98. The molecular formula is C23H27N5O3. The van der Waals surface area contributed by atoms with Crippen molar-refractivity contribution in [1.29, 1.82) is 0 Å². The minimum Gasteiger partial charge on any atom is -0.494 e. The average Bonchev–Trinajstić information content (AvgIpc) is 3.30. The van der Waals surface area contributed by atoms with Crippen LogP contribution in [0.25, 0.3) is 5.69 Å². The second-order valence-electron chi connectivity index (χ2n) is 7.76. The van der Waals surface area contributed by atoms with E-state index in [2.05, 4.69) is 20.3 Å². The predicted molar refractivity (Wildman–Crippen MR) is 119 cm³/mol. The summed E-state index contributed by atoms with van der Waals surface area (Å²) < 4.78 is 7.07. The van der Waals surface area contributed by atoms with Crippen LogP contribution >= 0.6 is 0 Å². The molecule has 1 aromatic carbocycles. The Morgan fingerprint density at radius 1 is 1.26 bits per heavy atom. The second kappa shape index (κ2) is 9.18. The van der Waals surface area contributed by atoms with Gasteiger partial charge in [0.25, 0.3) is 5.91 Å². The van der Waals surface area contributed by atoms with E-state index in [0.29, 0.717) is 23.0 Å². The number of anilines is 2. The topological polar surface area (TPSA) is 92.5 Å². The van der Waals surface area contributed by atoms with Crippen LogP contribution in [-0.4, -0.2) is 52.6 Å². The number of methoxy groups -OCH3 is 1. The van der Waals surface area contributed by atoms with Gasteiger partial charge in [-0.15, -0.1) is 0 Å². The van der Waals surface area contributed by atoms with Gasteiger partial charge in [-0.25, -0.2) is 9.67 Å². The Labute approximate surface area is 181 Å². The maximum atomic E-state index is 12.9. The Balaban J connectivity index is 1.52. The number of aliphatic hydroxyl groups excluding tert-OH is 1. The highest BCUT2D eigenvalue weighted by Gasteiger charge is 2.22. The average molecular weight is 422 g/mol. The fraction of sp³-hybridized carbons (Fsp3) is 0.348. The number of carbonyl (C=O) groups is 1. The molecule has 0 aliphatic carbocycles. The third-order valence-electron chi connectivity index (χ3n) is 5.61. The number of carbonyl (C=O) groups excluding carboxylic acids is 1. The van der Waals surface area contributed by atoms with E-state index in [1.165, 1.54) is 0 Å². The molecule has 1 saturated heterocycles. The van der Waals surface area contributed by atoms with E-state index in [-0.39, 0.29) is 12.5 Å². The number of pyridine rings is 1. The Kier molecular flexibility index (Phi) is 6.18. The van der Waals surface area contributed by atoms with E-state index in [4.69, 9.17) is 4.74 Å². The standard InChI is InChI=1S/C23H27N5O3/c1-16-5-6-21(31-2)20(14-16)28-13-9-19(26-28)23(30)25-18-4-3-10-24-22(18)27-11-7-17(15-29)8-12-27/h3-6,9-10,13-14,17,29H,7-8,11-12,15H2,1-2H3,(H,25,30). The van der Waals surface area contributed by atoms with Crippen molar-refractivity contribution in [1.82, 2.24) is 14.8 Å². The van der Waals surface area contributed by atoms with Crippen LogP contribution in [0.1, 0.15) is 28.9 Å². The van der Waals surface area contributed by atoms with E-state index >= 15 is 0 Å². The van der Waals surface area contributed by atoms with Gasteiger partial charge in [-0.05, 0) is 61.6 Å². The summed E-state index contributed by atoms with van der Waals surface area (Å²) in [5, 5.41) is 16.8. The summed E-state index contributed by atoms with van der Waals surface area (Å²) in [6.07, 6.45) is 5.28. The molecule has 0 saturated carbocycles. The Hall–Kier alpha value is -3.39. The van der Waals surface area contributed by atoms with Gasteiger partial charge < -0.3 is 20.1 Å². The molecule has 1 aliphatic rings. The highest BCUT2D eigenvalue weighted by atomic mass is 16.5. The number of aryl methyl sites for hydroxylation is 1. The molecule has 31 heavy (non-hydrogen) atoms. The van der Waals surface area contributed by atoms with Crippen LogP contribution in [0, 0.1) is 12.8 Å². The number of ether oxygens (including phenoxy) is 1. The fourth-order valence-corrected chi connectivity index (χ4v) is 3.82. The molecule has 0 radical (unpaired) electrons. The molecule has 1 aliphatic heterocycles. The summed E-state index contributed by atoms with van der Waals surface area (Å²) in [6, 6.07) is 11.1. The predicted octanol–water partition coefficient (Wildman–Crippen LogP) is 3.05. The third-order valence-corrected chi connectivity index (χ3v) is 5.61. The zero-order valence-corrected chi connectivity index (χ0v) is 17.8. The van der Waals surface area contributed by atoms with Crippen molar-refractivity contribution < 1.29 is 14.6 Å². The smallest absolute Gasteiger partial charge is 0.276 e. The van der Waals surface area contributed by atoms with Gasteiger partial charge in [0.05, 0.1) is 12.8 Å². The minimum absolute atomic E-state index is 0.216. The highest BCUT2D eigenvalue weighted by Crippen LogP contribution is 2.28. The van der Waals surface area contributed by atoms with E-state index in [0.717, 1.165) is 43.0 Å². The van der Waals surface area contributed by atoms with Crippen LogP contribution in [0.2, 0.25) is 0 Å². The summed E-state index contributed by atoms with van der Waals surface area (Å²) in [5.74, 6) is 1.46. The van der Waals surface area contributed by atoms with Crippen LogP contribution in [0.5, 0.6) is 5.75 Å². The minimum atomic E-state index is -0.301. The Morgan fingerprint density at radius 3 is 2.81 bits per heavy atom. The van der Waals surface area contributed by atoms with E-state index in [1.54, 1.807) is 36.3 Å². The summed E-state index contributed by atoms with van der Waals surface area (Å²) in [7, 11) is 1.61. The third kappa shape index (κ3) is 4.54. The summed E-state index contributed by atoms with van der Waals surface area (Å²) in [5.41, 5.74) is 2.80. The van der Waals surface area contributed by atoms with Gasteiger partial charge >= 0.3 is 0 Å². The molecule has 162 valence electrons. The number of nitrogens with one attached hydrogen (secondary N) is 1. The molecule has 3 heterocycles. The van der Waals surface area contributed by atoms with Gasteiger partial charge in [-0.3, -0.25) is 4.79 Å². The van der Waals surface area contributed by atoms with Crippen LogP contribution in [0.15, 0.2) is 48.8 Å². The number of aliphatic hydroxyl groups is 1. The van der Waals surface area contributed by atoms with Crippen LogP contribution in [0.3, 0.4) is 0 Å². The molecule has 8 nitrogen and oxygen atoms in total. The zero-order chi connectivity index (χ0) is 21.8. The van der Waals surface area contributed by atoms with Gasteiger partial charge in [0, 0.05) is 32.1 Å². The molecule has 4 rings (SSSR count). The first-order valence-electron chi connectivity index (χ1n) is 10.4. The zero-order valence-electron chi connectivity index (χ0n) is 17.8. The first-order chi connectivity index (χ1) is 15.1. The molecule has 3 aromatic rings. The molecule has 1 amide bonds. The number of hydrogen-bond donors (Lipinski definition) is 2. The van der Waals surface area contributed by atoms with E-state index in [1.807, 2.05) is 31.2 Å². The number of amides is 1. The largest absolute Gasteiger partial charge is 0.494 e. The quantitative estimate of drug-likeness (QED) is 0.636. The Bertz CT molecular complexity index is 1060. The highest BCUT2D eigenvalue weighted by molar-refractivity contribution is 6.04. The molecule has 2 aromatic heterocycles. The van der Waals surface area contributed by atoms with Gasteiger partial charge in [0.2, 0.25) is 0 Å². The number of nitrogens with zero attached hydrogens (tertiary/aromatic N) is 4. The van der Waals surface area contributed by atoms with Crippen LogP contribution in [-0.2, 0) is 0 Å². The number of rotatable bonds is 6. The monoisotopic (exact) mass is 421 g/mol. The van der Waals surface area contributed by atoms with Crippen molar-refractivity contribution in [2.24, 2.45) is 5.92 Å². The normalized spacial score (nSPS) is 14.5. The van der Waals surface area contributed by atoms with Gasteiger partial charge in [0.15, 0.2) is 11.5 Å². The summed E-state index contributed by atoms with van der Waals surface area (Å²) >= 11 is 0. The van der Waals surface area contributed by atoms with Gasteiger partial charge in [-0.1, -0.05) is 6.07 Å². The van der Waals surface area contributed by atoms with Crippen molar-refractivity contribution in [2.75, 3.05) is 37.0 Å². The number of aromatic nitrogens is 3. The number of hydrogen-bond acceptors (Lipinski definition) is 6. The lowest BCUT2D eigenvalue weighted by Gasteiger charge is -2.33. The number of benzene rings is 1. The summed E-state index contributed by atoms with van der Waals surface area (Å²) in [4.78, 5) is 19.6. The molecular weight excluding hydrogens is 394 g/mol. The lowest BCUT2D eigenvalue weighted by Crippen LogP contribution is -2.36. The maximum Gasteiger partial charge on any atom is 0.276 e. The van der Waals surface area contributed by atoms with Crippen molar-refractivity contribution in [3.63, 3.8) is 0 Å². The molecule has 0 spiro atoms. The molecule has 1 fully saturated rings. The molecule has 0 unspecified atom stereocenters. The number of piperidine rings is 1. The van der Waals surface area contributed by atoms with Crippen molar-refractivity contribution in [3.05, 3.63) is 60.0 Å². The van der Waals surface area contributed by atoms with E-state index in [9.17, 15) is 9.90 Å². The van der Waals surface area contributed by atoms with Crippen molar-refractivity contribution in [3.8, 4) is 11.4 Å². The summed E-state index contributed by atoms with van der Waals surface area (Å²) in [6.45, 7) is 3.81. The Morgan fingerprint density at radius 2 is 2.06 bits per heavy atom. The SMILES string of the molecule is COc1ccc(C)cc1-n1ccc(C(=O)Nc2cccnc2N2CCC(CO)CC2)n1. The maximum absolute atomic E-state index is 12.9.